The van der Waals surface area contributed by atoms with Crippen molar-refractivity contribution in [3.63, 3.8) is 0 Å². The number of carbonyl (C=O) groups excluding carboxylic acids is 5. The summed E-state index contributed by atoms with van der Waals surface area (Å²) in [6, 6.07) is 14.0. The highest BCUT2D eigenvalue weighted by Gasteiger charge is 2.58. The van der Waals surface area contributed by atoms with Crippen LogP contribution in [0.25, 0.3) is 0 Å². The maximum atomic E-state index is 15.8. The number of benzene rings is 2. The minimum Gasteiger partial charge on any atom is -0.493 e. The Labute approximate surface area is 365 Å². The van der Waals surface area contributed by atoms with Crippen LogP contribution in [0.4, 0.5) is 4.79 Å². The van der Waals surface area contributed by atoms with E-state index in [-0.39, 0.29) is 55.8 Å². The normalized spacial score (nSPS) is 17.5. The molecular weight excluding hydrogens is 795 g/mol. The Hall–Kier alpha value is -5.32. The van der Waals surface area contributed by atoms with Crippen LogP contribution in [0.3, 0.4) is 0 Å². The van der Waals surface area contributed by atoms with E-state index in [0.29, 0.717) is 29.8 Å². The fourth-order valence-corrected chi connectivity index (χ4v) is 8.43. The monoisotopic (exact) mass is 862 g/mol. The summed E-state index contributed by atoms with van der Waals surface area (Å²) in [5.74, 6) is -2.83. The Bertz CT molecular complexity index is 1950. The third-order valence-electron chi connectivity index (χ3n) is 11.4. The number of ether oxygens (including phenoxy) is 2. The Morgan fingerprint density at radius 3 is 2.34 bits per heavy atom. The molecule has 8 N–H and O–H groups in total. The Morgan fingerprint density at radius 1 is 1.00 bits per heavy atom. The van der Waals surface area contributed by atoms with Crippen LogP contribution in [0.5, 0.6) is 5.75 Å². The highest BCUT2D eigenvalue weighted by Crippen LogP contribution is 2.45. The van der Waals surface area contributed by atoms with Crippen LogP contribution < -0.4 is 26.4 Å². The molecule has 2 aromatic carbocycles. The van der Waals surface area contributed by atoms with Gasteiger partial charge in [-0.2, -0.15) is 5.10 Å². The molecule has 2 heterocycles. The van der Waals surface area contributed by atoms with Crippen LogP contribution in [-0.4, -0.2) is 97.5 Å². The van der Waals surface area contributed by atoms with Gasteiger partial charge < -0.3 is 41.7 Å². The molecule has 0 spiro atoms. The molecule has 1 fully saturated rings. The molecule has 5 amide bonds. The van der Waals surface area contributed by atoms with Gasteiger partial charge in [0.05, 0.1) is 43.7 Å². The molecule has 1 unspecified atom stereocenters. The van der Waals surface area contributed by atoms with Crippen LogP contribution in [0.2, 0.25) is 0 Å². The lowest BCUT2D eigenvalue weighted by Crippen LogP contribution is -2.70. The summed E-state index contributed by atoms with van der Waals surface area (Å²) in [6.45, 7) is 10.5. The van der Waals surface area contributed by atoms with Crippen LogP contribution in [0.1, 0.15) is 109 Å². The van der Waals surface area contributed by atoms with Crippen molar-refractivity contribution in [1.82, 2.24) is 30.6 Å². The van der Waals surface area contributed by atoms with Gasteiger partial charge in [0.2, 0.25) is 23.6 Å². The van der Waals surface area contributed by atoms with E-state index in [0.717, 1.165) is 42.6 Å². The van der Waals surface area contributed by atoms with Crippen molar-refractivity contribution >= 4 is 29.7 Å². The van der Waals surface area contributed by atoms with Crippen molar-refractivity contribution in [2.45, 2.75) is 141 Å². The smallest absolute Gasteiger partial charge is 0.407 e. The predicted octanol–water partition coefficient (Wildman–Crippen LogP) is 3.92. The Kier molecular flexibility index (Phi) is 17.6. The molecule has 5 rings (SSSR count). The topological polar surface area (TPSA) is 239 Å². The molecule has 1 aromatic heterocycles. The summed E-state index contributed by atoms with van der Waals surface area (Å²) < 4.78 is 13.2. The maximum absolute atomic E-state index is 15.8. The highest BCUT2D eigenvalue weighted by atomic mass is 16.6. The number of hydrogen-bond acceptors (Lipinski definition) is 10. The second kappa shape index (κ2) is 22.2. The fraction of sp³-hybridized carbons (Fsp3) is 0.565. The number of hydrogen-bond donors (Lipinski definition) is 5. The minimum atomic E-state index is -2.09. The summed E-state index contributed by atoms with van der Waals surface area (Å²) in [4.78, 5) is 71.9. The van der Waals surface area contributed by atoms with Crippen LogP contribution in [-0.2, 0) is 43.4 Å². The van der Waals surface area contributed by atoms with Gasteiger partial charge in [-0.25, -0.2) is 4.79 Å². The van der Waals surface area contributed by atoms with Crippen molar-refractivity contribution in [2.75, 3.05) is 13.2 Å². The van der Waals surface area contributed by atoms with Crippen molar-refractivity contribution < 1.29 is 44.0 Å². The van der Waals surface area contributed by atoms with Crippen LogP contribution in [0, 0.1) is 11.8 Å². The van der Waals surface area contributed by atoms with Gasteiger partial charge in [0.25, 0.3) is 0 Å². The van der Waals surface area contributed by atoms with Crippen molar-refractivity contribution in [2.24, 2.45) is 17.6 Å². The number of aromatic nitrogens is 2. The quantitative estimate of drug-likeness (QED) is 0.124. The van der Waals surface area contributed by atoms with Gasteiger partial charge in [0, 0.05) is 38.0 Å². The number of imide groups is 1. The minimum absolute atomic E-state index is 0. The molecule has 0 bridgehead atoms. The van der Waals surface area contributed by atoms with Gasteiger partial charge in [0.15, 0.2) is 5.54 Å². The molecule has 2 aliphatic rings. The second-order valence-corrected chi connectivity index (χ2v) is 18.0. The van der Waals surface area contributed by atoms with Gasteiger partial charge in [0.1, 0.15) is 11.4 Å². The van der Waals surface area contributed by atoms with E-state index in [1.165, 1.54) is 17.8 Å². The van der Waals surface area contributed by atoms with E-state index >= 15 is 4.79 Å². The third kappa shape index (κ3) is 13.1. The first-order chi connectivity index (χ1) is 29.0. The van der Waals surface area contributed by atoms with Gasteiger partial charge in [-0.1, -0.05) is 82.3 Å². The van der Waals surface area contributed by atoms with E-state index in [1.807, 2.05) is 44.2 Å². The zero-order valence-electron chi connectivity index (χ0n) is 37.0. The Morgan fingerprint density at radius 2 is 1.71 bits per heavy atom. The SMILES string of the molecule is CC(=O)N(C(=O)[C@@H](N)Cc1ccccc1)[C@@](Cn1cccn1)(C(=O)N[C@@H](CC1CCCCC1)[C@@H](O)CC(=O)NCC(C)C)C1COc2ccc(CNC(=O)OC(C)(C)C)cc21.O. The van der Waals surface area contributed by atoms with Gasteiger partial charge in [-0.15, -0.1) is 0 Å². The first-order valence-electron chi connectivity index (χ1n) is 21.6. The summed E-state index contributed by atoms with van der Waals surface area (Å²) in [7, 11) is 0. The Balaban J connectivity index is 0.00000845. The lowest BCUT2D eigenvalue weighted by molar-refractivity contribution is -0.162. The number of nitrogens with two attached hydrogens (primary N) is 1. The predicted molar refractivity (Wildman–Crippen MR) is 234 cm³/mol. The van der Waals surface area contributed by atoms with E-state index < -0.39 is 59.1 Å². The molecule has 0 radical (unpaired) electrons. The average molecular weight is 862 g/mol. The molecule has 1 saturated carbocycles. The zero-order chi connectivity index (χ0) is 44.3. The summed E-state index contributed by atoms with van der Waals surface area (Å²) in [5, 5.41) is 25.1. The molecule has 1 aliphatic heterocycles. The third-order valence-corrected chi connectivity index (χ3v) is 11.4. The number of rotatable bonds is 18. The van der Waals surface area contributed by atoms with Gasteiger partial charge in [-0.05, 0) is 74.8 Å². The van der Waals surface area contributed by atoms with Gasteiger partial charge in [-0.3, -0.25) is 28.8 Å². The van der Waals surface area contributed by atoms with Crippen molar-refractivity contribution in [3.05, 3.63) is 83.7 Å². The molecule has 5 atom stereocenters. The zero-order valence-corrected chi connectivity index (χ0v) is 37.0. The number of fused-ring (bicyclic) bond motifs is 1. The van der Waals surface area contributed by atoms with Crippen LogP contribution >= 0.6 is 0 Å². The van der Waals surface area contributed by atoms with Gasteiger partial charge >= 0.3 is 6.09 Å². The molecule has 1 aliphatic carbocycles. The molecule has 16 nitrogen and oxygen atoms in total. The summed E-state index contributed by atoms with van der Waals surface area (Å²) in [5.41, 5.74) is 5.82. The molecule has 16 heteroatoms. The number of alkyl carbamates (subject to hydrolysis) is 1. The average Bonchev–Trinajstić information content (AvgIpc) is 3.88. The summed E-state index contributed by atoms with van der Waals surface area (Å²) >= 11 is 0. The number of amides is 5. The fourth-order valence-electron chi connectivity index (χ4n) is 8.43. The molecule has 3 aromatic rings. The number of nitrogens with zero attached hydrogens (tertiary/aromatic N) is 3. The second-order valence-electron chi connectivity index (χ2n) is 18.0. The van der Waals surface area contributed by atoms with E-state index in [2.05, 4.69) is 21.0 Å². The number of nitrogens with one attached hydrogen (secondary N) is 3. The first kappa shape index (κ1) is 49.3. The highest BCUT2D eigenvalue weighted by molar-refractivity contribution is 6.04. The number of aliphatic hydroxyl groups is 1. The van der Waals surface area contributed by atoms with E-state index in [1.54, 1.807) is 51.2 Å². The number of aliphatic hydroxyl groups excluding tert-OH is 1. The molecule has 340 valence electrons. The van der Waals surface area contributed by atoms with E-state index in [4.69, 9.17) is 15.2 Å². The molecule has 0 saturated heterocycles. The lowest BCUT2D eigenvalue weighted by Gasteiger charge is -2.46. The van der Waals surface area contributed by atoms with E-state index in [9.17, 15) is 24.3 Å². The maximum Gasteiger partial charge on any atom is 0.407 e. The van der Waals surface area contributed by atoms with Crippen molar-refractivity contribution in [3.8, 4) is 5.75 Å². The number of carbonyl (C=O) groups is 5. The van der Waals surface area contributed by atoms with Crippen molar-refractivity contribution in [1.29, 1.82) is 0 Å². The standard InChI is InChI=1S/C46H65N7O8.H2O/c1-30(2)26-48-41(56)25-39(55)38(24-33-16-11-8-12-17-33)51-43(58)46(29-52-21-13-20-50-52,53(31(3)54)42(57)37(47)23-32-14-9-7-10-15-32)36-28-60-40-19-18-34(22-35(36)40)27-49-44(59)61-45(4,5)6;/h7,9-10,13-15,18-22,30,33,36-39,55H,8,11-12,16-17,23-29,47H2,1-6H3,(H,48,56)(H,49,59)(H,51,58);1H2/t36?,37-,38-,39-,46+;/m0./s1. The van der Waals surface area contributed by atoms with Crippen LogP contribution in [0.15, 0.2) is 67.0 Å². The lowest BCUT2D eigenvalue weighted by atomic mass is 9.76. The summed E-state index contributed by atoms with van der Waals surface area (Å²) in [6.07, 6.45) is 6.36. The first-order valence-corrected chi connectivity index (χ1v) is 21.6. The molecule has 62 heavy (non-hydrogen) atoms. The molecular formula is C46H67N7O9. The largest absolute Gasteiger partial charge is 0.493 e.